The van der Waals surface area contributed by atoms with Crippen LogP contribution in [0.2, 0.25) is 0 Å². The molecule has 0 atom stereocenters. The molecule has 8 nitrogen and oxygen atoms in total. The zero-order chi connectivity index (χ0) is 19.5. The first-order valence-electron chi connectivity index (χ1n) is 9.39. The Kier molecular flexibility index (Phi) is 5.29. The third-order valence-corrected chi connectivity index (χ3v) is 5.34. The summed E-state index contributed by atoms with van der Waals surface area (Å²) in [4.78, 5) is 11.2. The molecule has 1 fully saturated rings. The van der Waals surface area contributed by atoms with Gasteiger partial charge in [0.05, 0.1) is 27.0 Å². The lowest BCUT2D eigenvalue weighted by Gasteiger charge is -2.31. The van der Waals surface area contributed by atoms with Crippen LogP contribution in [-0.2, 0) is 6.54 Å². The first kappa shape index (κ1) is 18.5. The van der Waals surface area contributed by atoms with E-state index >= 15 is 0 Å². The molecule has 1 aromatic carbocycles. The molecule has 2 aromatic heterocycles. The second kappa shape index (κ2) is 8.02. The third-order valence-electron chi connectivity index (χ3n) is 5.34. The summed E-state index contributed by atoms with van der Waals surface area (Å²) >= 11 is 0. The van der Waals surface area contributed by atoms with Gasteiger partial charge in [0.15, 0.2) is 17.1 Å². The molecule has 3 aromatic rings. The van der Waals surface area contributed by atoms with E-state index in [0.29, 0.717) is 28.8 Å². The maximum Gasteiger partial charge on any atom is 0.203 e. The lowest BCUT2D eigenvalue weighted by atomic mass is 9.93. The van der Waals surface area contributed by atoms with E-state index in [4.69, 9.17) is 14.2 Å². The van der Waals surface area contributed by atoms with Crippen molar-refractivity contribution >= 4 is 11.2 Å². The highest BCUT2D eigenvalue weighted by Gasteiger charge is 2.25. The van der Waals surface area contributed by atoms with Gasteiger partial charge in [0.2, 0.25) is 5.75 Å². The van der Waals surface area contributed by atoms with Gasteiger partial charge in [-0.05, 0) is 43.6 Å². The average molecular weight is 383 g/mol. The summed E-state index contributed by atoms with van der Waals surface area (Å²) in [7, 11) is 4.91. The molecular weight excluding hydrogens is 358 g/mol. The third kappa shape index (κ3) is 3.47. The Balaban J connectivity index is 1.45. The van der Waals surface area contributed by atoms with E-state index in [9.17, 15) is 0 Å². The Hall–Kier alpha value is -2.87. The molecule has 1 saturated heterocycles. The van der Waals surface area contributed by atoms with Crippen LogP contribution in [0, 0.1) is 0 Å². The Morgan fingerprint density at radius 3 is 2.32 bits per heavy atom. The van der Waals surface area contributed by atoms with Gasteiger partial charge in [-0.15, -0.1) is 0 Å². The first-order valence-corrected chi connectivity index (χ1v) is 9.39. The molecule has 148 valence electrons. The second-order valence-electron chi connectivity index (χ2n) is 6.95. The Morgan fingerprint density at radius 1 is 1.00 bits per heavy atom. The molecule has 0 unspecified atom stereocenters. The van der Waals surface area contributed by atoms with Crippen LogP contribution in [0.25, 0.3) is 11.2 Å². The van der Waals surface area contributed by atoms with Crippen LogP contribution in [-0.4, -0.2) is 59.5 Å². The van der Waals surface area contributed by atoms with Crippen LogP contribution < -0.4 is 14.2 Å². The summed E-state index contributed by atoms with van der Waals surface area (Å²) in [6.07, 6.45) is 5.50. The highest BCUT2D eigenvalue weighted by atomic mass is 16.5. The number of nitrogens with one attached hydrogen (secondary N) is 1. The number of H-pyrrole nitrogens is 1. The highest BCUT2D eigenvalue weighted by molar-refractivity contribution is 5.72. The minimum atomic E-state index is 0.429. The molecule has 4 rings (SSSR count). The number of aromatic nitrogens is 4. The van der Waals surface area contributed by atoms with Gasteiger partial charge in [-0.25, -0.2) is 9.97 Å². The molecule has 1 N–H and O–H groups in total. The molecule has 0 saturated carbocycles. The van der Waals surface area contributed by atoms with E-state index in [0.717, 1.165) is 49.2 Å². The van der Waals surface area contributed by atoms with Gasteiger partial charge in [0.25, 0.3) is 0 Å². The quantitative estimate of drug-likeness (QED) is 0.700. The van der Waals surface area contributed by atoms with Crippen LogP contribution >= 0.6 is 0 Å². The Bertz CT molecular complexity index is 925. The number of hydrogen-bond acceptors (Lipinski definition) is 7. The molecule has 0 bridgehead atoms. The lowest BCUT2D eigenvalue weighted by molar-refractivity contribution is 0.203. The molecule has 0 aliphatic carbocycles. The number of nitrogens with zero attached hydrogens (tertiary/aromatic N) is 4. The van der Waals surface area contributed by atoms with E-state index in [1.54, 1.807) is 33.7 Å². The van der Waals surface area contributed by atoms with E-state index in [1.165, 1.54) is 0 Å². The maximum atomic E-state index is 5.47. The number of hydrogen-bond donors (Lipinski definition) is 1. The number of piperidine rings is 1. The Labute approximate surface area is 163 Å². The van der Waals surface area contributed by atoms with Gasteiger partial charge in [0.1, 0.15) is 5.52 Å². The summed E-state index contributed by atoms with van der Waals surface area (Å²) < 4.78 is 16.3. The van der Waals surface area contributed by atoms with Crippen molar-refractivity contribution < 1.29 is 14.2 Å². The second-order valence-corrected chi connectivity index (χ2v) is 6.95. The maximum absolute atomic E-state index is 5.47. The Morgan fingerprint density at radius 2 is 1.68 bits per heavy atom. The molecule has 0 radical (unpaired) electrons. The van der Waals surface area contributed by atoms with Crippen molar-refractivity contribution in [1.29, 1.82) is 0 Å². The minimum absolute atomic E-state index is 0.429. The zero-order valence-corrected chi connectivity index (χ0v) is 16.4. The van der Waals surface area contributed by atoms with Gasteiger partial charge in [0, 0.05) is 24.9 Å². The summed E-state index contributed by atoms with van der Waals surface area (Å²) in [5.74, 6) is 2.43. The topological polar surface area (TPSA) is 85.4 Å². The van der Waals surface area contributed by atoms with Crippen LogP contribution in [0.3, 0.4) is 0 Å². The molecule has 1 aliphatic heterocycles. The summed E-state index contributed by atoms with van der Waals surface area (Å²) in [5.41, 5.74) is 3.84. The smallest absolute Gasteiger partial charge is 0.203 e. The van der Waals surface area contributed by atoms with E-state index in [1.807, 2.05) is 12.1 Å². The number of methoxy groups -OCH3 is 3. The molecule has 1 aliphatic rings. The van der Waals surface area contributed by atoms with Crippen LogP contribution in [0.15, 0.2) is 24.5 Å². The summed E-state index contributed by atoms with van der Waals surface area (Å²) in [6.45, 7) is 2.84. The molecule has 3 heterocycles. The summed E-state index contributed by atoms with van der Waals surface area (Å²) in [5, 5.41) is 7.43. The number of rotatable bonds is 6. The monoisotopic (exact) mass is 383 g/mol. The largest absolute Gasteiger partial charge is 0.493 e. The van der Waals surface area contributed by atoms with E-state index in [2.05, 4.69) is 25.1 Å². The number of fused-ring (bicyclic) bond motifs is 1. The van der Waals surface area contributed by atoms with Gasteiger partial charge >= 0.3 is 0 Å². The number of aromatic amines is 1. The van der Waals surface area contributed by atoms with E-state index in [-0.39, 0.29) is 0 Å². The number of ether oxygens (including phenoxy) is 3. The molecular formula is C20H25N5O3. The molecule has 0 amide bonds. The van der Waals surface area contributed by atoms with Crippen LogP contribution in [0.5, 0.6) is 17.2 Å². The summed E-state index contributed by atoms with van der Waals surface area (Å²) in [6, 6.07) is 4.04. The fourth-order valence-corrected chi connectivity index (χ4v) is 3.92. The van der Waals surface area contributed by atoms with Crippen molar-refractivity contribution in [2.24, 2.45) is 0 Å². The normalized spacial score (nSPS) is 15.7. The van der Waals surface area contributed by atoms with Crippen molar-refractivity contribution in [3.05, 3.63) is 35.8 Å². The van der Waals surface area contributed by atoms with Crippen molar-refractivity contribution in [3.8, 4) is 17.2 Å². The van der Waals surface area contributed by atoms with Gasteiger partial charge in [-0.1, -0.05) is 0 Å². The predicted octanol–water partition coefficient (Wildman–Crippen LogP) is 2.76. The number of benzene rings is 1. The lowest BCUT2D eigenvalue weighted by Crippen LogP contribution is -2.32. The molecule has 0 spiro atoms. The van der Waals surface area contributed by atoms with Crippen molar-refractivity contribution in [3.63, 3.8) is 0 Å². The predicted molar refractivity (Wildman–Crippen MR) is 105 cm³/mol. The molecule has 28 heavy (non-hydrogen) atoms. The highest BCUT2D eigenvalue weighted by Crippen LogP contribution is 2.39. The van der Waals surface area contributed by atoms with Gasteiger partial charge in [-0.3, -0.25) is 10.00 Å². The van der Waals surface area contributed by atoms with Crippen LogP contribution in [0.4, 0.5) is 0 Å². The van der Waals surface area contributed by atoms with Gasteiger partial charge < -0.3 is 14.2 Å². The number of likely N-dealkylation sites (tertiary alicyclic amines) is 1. The molecule has 8 heteroatoms. The van der Waals surface area contributed by atoms with Gasteiger partial charge in [-0.2, -0.15) is 5.10 Å². The fraction of sp³-hybridized carbons (Fsp3) is 0.450. The first-order chi connectivity index (χ1) is 13.7. The SMILES string of the molecule is COc1cc(CN2CCC(c3[nH]nc4nccnc34)CC2)cc(OC)c1OC. The van der Waals surface area contributed by atoms with Crippen LogP contribution in [0.1, 0.15) is 30.0 Å². The average Bonchev–Trinajstić information content (AvgIpc) is 3.17. The fourth-order valence-electron chi connectivity index (χ4n) is 3.92. The zero-order valence-electron chi connectivity index (χ0n) is 16.4. The standard InChI is InChI=1S/C20H25N5O3/c1-26-15-10-13(11-16(27-2)19(15)28-3)12-25-8-4-14(5-9-25)17-18-20(24-23-17)22-7-6-21-18/h6-7,10-11,14H,4-5,8-9,12H2,1-3H3,(H,22,23,24). The van der Waals surface area contributed by atoms with Crippen molar-refractivity contribution in [2.75, 3.05) is 34.4 Å². The van der Waals surface area contributed by atoms with Crippen molar-refractivity contribution in [2.45, 2.75) is 25.3 Å². The van der Waals surface area contributed by atoms with E-state index < -0.39 is 0 Å². The van der Waals surface area contributed by atoms with Crippen molar-refractivity contribution in [1.82, 2.24) is 25.1 Å². The minimum Gasteiger partial charge on any atom is -0.493 e.